The first kappa shape index (κ1) is 20.7. The van der Waals surface area contributed by atoms with Crippen molar-refractivity contribution in [1.82, 2.24) is 9.80 Å². The van der Waals surface area contributed by atoms with Crippen LogP contribution in [0.5, 0.6) is 0 Å². The average Bonchev–Trinajstić information content (AvgIpc) is 2.59. The molecule has 0 saturated carbocycles. The van der Waals surface area contributed by atoms with E-state index in [9.17, 15) is 27.6 Å². The van der Waals surface area contributed by atoms with Gasteiger partial charge in [0.05, 0.1) is 17.8 Å². The Morgan fingerprint density at radius 1 is 1.11 bits per heavy atom. The lowest BCUT2D eigenvalue weighted by molar-refractivity contribution is -0.151. The molecule has 10 heteroatoms. The van der Waals surface area contributed by atoms with Crippen LogP contribution in [0.15, 0.2) is 24.3 Å². The van der Waals surface area contributed by atoms with Crippen LogP contribution in [0.2, 0.25) is 0 Å². The highest BCUT2D eigenvalue weighted by Gasteiger charge is 2.33. The van der Waals surface area contributed by atoms with Gasteiger partial charge in [0.25, 0.3) is 5.91 Å². The number of para-hydroxylation sites is 1. The molecule has 1 saturated heterocycles. The smallest absolute Gasteiger partial charge is 0.418 e. The van der Waals surface area contributed by atoms with E-state index in [4.69, 9.17) is 0 Å². The van der Waals surface area contributed by atoms with Crippen LogP contribution in [0.1, 0.15) is 12.5 Å². The minimum Gasteiger partial charge on any atom is -0.456 e. The van der Waals surface area contributed by atoms with Crippen molar-refractivity contribution in [3.63, 3.8) is 0 Å². The number of anilines is 1. The molecule has 7 nitrogen and oxygen atoms in total. The third-order valence-electron chi connectivity index (χ3n) is 4.00. The monoisotopic (exact) mass is 387 g/mol. The van der Waals surface area contributed by atoms with Gasteiger partial charge in [-0.05, 0) is 12.1 Å². The summed E-state index contributed by atoms with van der Waals surface area (Å²) in [6.07, 6.45) is -4.56. The number of alkyl halides is 3. The van der Waals surface area contributed by atoms with Crippen molar-refractivity contribution < 1.29 is 32.3 Å². The molecule has 0 unspecified atom stereocenters. The summed E-state index contributed by atoms with van der Waals surface area (Å²) in [4.78, 5) is 37.9. The molecule has 1 aromatic carbocycles. The molecule has 1 heterocycles. The zero-order chi connectivity index (χ0) is 20.0. The van der Waals surface area contributed by atoms with Gasteiger partial charge in [-0.15, -0.1) is 0 Å². The van der Waals surface area contributed by atoms with Crippen LogP contribution in [0.4, 0.5) is 18.9 Å². The minimum absolute atomic E-state index is 0.0852. The predicted octanol–water partition coefficient (Wildman–Crippen LogP) is 1.35. The highest BCUT2D eigenvalue weighted by Crippen LogP contribution is 2.34. The number of esters is 1. The second kappa shape index (κ2) is 8.85. The second-order valence-corrected chi connectivity index (χ2v) is 6.03. The molecule has 148 valence electrons. The highest BCUT2D eigenvalue weighted by molar-refractivity contribution is 5.93. The number of halogens is 3. The van der Waals surface area contributed by atoms with Gasteiger partial charge in [0.15, 0.2) is 6.61 Å². The quantitative estimate of drug-likeness (QED) is 0.772. The van der Waals surface area contributed by atoms with Gasteiger partial charge < -0.3 is 15.0 Å². The second-order valence-electron chi connectivity index (χ2n) is 6.03. The summed E-state index contributed by atoms with van der Waals surface area (Å²) >= 11 is 0. The van der Waals surface area contributed by atoms with Gasteiger partial charge in [0, 0.05) is 33.1 Å². The van der Waals surface area contributed by atoms with Gasteiger partial charge in [-0.3, -0.25) is 19.3 Å². The minimum atomic E-state index is -4.56. The third kappa shape index (κ3) is 6.24. The Kier molecular flexibility index (Phi) is 6.78. The number of ether oxygens (including phenoxy) is 1. The molecule has 1 fully saturated rings. The lowest BCUT2D eigenvalue weighted by Crippen LogP contribution is -2.51. The van der Waals surface area contributed by atoms with Crippen molar-refractivity contribution in [2.24, 2.45) is 0 Å². The van der Waals surface area contributed by atoms with Crippen molar-refractivity contribution >= 4 is 23.5 Å². The number of hydrogen-bond acceptors (Lipinski definition) is 5. The van der Waals surface area contributed by atoms with Crippen LogP contribution in [-0.4, -0.2) is 66.9 Å². The van der Waals surface area contributed by atoms with Crippen LogP contribution in [-0.2, 0) is 25.3 Å². The molecule has 27 heavy (non-hydrogen) atoms. The van der Waals surface area contributed by atoms with E-state index in [0.29, 0.717) is 26.2 Å². The normalized spacial score (nSPS) is 15.3. The fraction of sp³-hybridized carbons (Fsp3) is 0.471. The number of benzene rings is 1. The molecule has 2 rings (SSSR count). The summed E-state index contributed by atoms with van der Waals surface area (Å²) in [5.74, 6) is -1.43. The van der Waals surface area contributed by atoms with Crippen LogP contribution >= 0.6 is 0 Å². The molecular weight excluding hydrogens is 367 g/mol. The summed E-state index contributed by atoms with van der Waals surface area (Å²) in [6, 6.07) is 4.78. The number of carbonyl (C=O) groups excluding carboxylic acids is 3. The van der Waals surface area contributed by atoms with E-state index >= 15 is 0 Å². The molecule has 0 radical (unpaired) electrons. The van der Waals surface area contributed by atoms with Crippen molar-refractivity contribution in [1.29, 1.82) is 0 Å². The topological polar surface area (TPSA) is 79.0 Å². The summed E-state index contributed by atoms with van der Waals surface area (Å²) in [7, 11) is 0. The SMILES string of the molecule is CC(=O)OCC(=O)N1CCN(CC(=O)Nc2ccccc2C(F)(F)F)CC1. The molecule has 0 spiro atoms. The standard InChI is InChI=1S/C17H20F3N3O4/c1-12(24)27-11-16(26)23-8-6-22(7-9-23)10-15(25)21-14-5-3-2-4-13(14)17(18,19)20/h2-5H,6-11H2,1H3,(H,21,25). The molecule has 0 bridgehead atoms. The van der Waals surface area contributed by atoms with E-state index in [-0.39, 0.29) is 24.7 Å². The van der Waals surface area contributed by atoms with Crippen LogP contribution in [0.25, 0.3) is 0 Å². The summed E-state index contributed by atoms with van der Waals surface area (Å²) in [5.41, 5.74) is -1.19. The van der Waals surface area contributed by atoms with E-state index in [1.165, 1.54) is 30.0 Å². The summed E-state index contributed by atoms with van der Waals surface area (Å²) < 4.78 is 43.5. The van der Waals surface area contributed by atoms with Gasteiger partial charge in [-0.2, -0.15) is 13.2 Å². The highest BCUT2D eigenvalue weighted by atomic mass is 19.4. The summed E-state index contributed by atoms with van der Waals surface area (Å²) in [6.45, 7) is 2.25. The van der Waals surface area contributed by atoms with E-state index in [2.05, 4.69) is 10.1 Å². The maximum absolute atomic E-state index is 13.0. The molecule has 1 aromatic rings. The number of nitrogens with one attached hydrogen (secondary N) is 1. The Balaban J connectivity index is 1.83. The number of piperazine rings is 1. The number of hydrogen-bond donors (Lipinski definition) is 1. The van der Waals surface area contributed by atoms with Gasteiger partial charge in [0.2, 0.25) is 5.91 Å². The lowest BCUT2D eigenvalue weighted by Gasteiger charge is -2.34. The molecule has 1 aliphatic heterocycles. The van der Waals surface area contributed by atoms with E-state index < -0.39 is 23.6 Å². The first-order valence-corrected chi connectivity index (χ1v) is 8.26. The van der Waals surface area contributed by atoms with Crippen molar-refractivity contribution in [2.45, 2.75) is 13.1 Å². The number of amides is 2. The predicted molar refractivity (Wildman–Crippen MR) is 89.7 cm³/mol. The zero-order valence-corrected chi connectivity index (χ0v) is 14.7. The third-order valence-corrected chi connectivity index (χ3v) is 4.00. The zero-order valence-electron chi connectivity index (χ0n) is 14.7. The first-order valence-electron chi connectivity index (χ1n) is 8.26. The van der Waals surface area contributed by atoms with Crippen LogP contribution in [0, 0.1) is 0 Å². The maximum atomic E-state index is 13.0. The maximum Gasteiger partial charge on any atom is 0.418 e. The van der Waals surface area contributed by atoms with Crippen molar-refractivity contribution in [3.8, 4) is 0 Å². The molecule has 0 aliphatic carbocycles. The van der Waals surface area contributed by atoms with Gasteiger partial charge in [-0.25, -0.2) is 0 Å². The number of nitrogens with zero attached hydrogens (tertiary/aromatic N) is 2. The number of rotatable bonds is 5. The number of carbonyl (C=O) groups is 3. The fourth-order valence-corrected chi connectivity index (χ4v) is 2.64. The molecule has 1 aliphatic rings. The van der Waals surface area contributed by atoms with Crippen LogP contribution in [0.3, 0.4) is 0 Å². The Morgan fingerprint density at radius 3 is 2.33 bits per heavy atom. The Hall–Kier alpha value is -2.62. The molecule has 1 N–H and O–H groups in total. The molecule has 2 amide bonds. The lowest BCUT2D eigenvalue weighted by atomic mass is 10.1. The largest absolute Gasteiger partial charge is 0.456 e. The Morgan fingerprint density at radius 2 is 1.74 bits per heavy atom. The van der Waals surface area contributed by atoms with Crippen LogP contribution < -0.4 is 5.32 Å². The average molecular weight is 387 g/mol. The van der Waals surface area contributed by atoms with Gasteiger partial charge >= 0.3 is 12.1 Å². The van der Waals surface area contributed by atoms with E-state index in [1.54, 1.807) is 4.90 Å². The van der Waals surface area contributed by atoms with Crippen molar-refractivity contribution in [3.05, 3.63) is 29.8 Å². The Labute approximate surface area is 154 Å². The molecule has 0 aromatic heterocycles. The van der Waals surface area contributed by atoms with Gasteiger partial charge in [0.1, 0.15) is 0 Å². The summed E-state index contributed by atoms with van der Waals surface area (Å²) in [5, 5.41) is 2.29. The van der Waals surface area contributed by atoms with Gasteiger partial charge in [-0.1, -0.05) is 12.1 Å². The first-order chi connectivity index (χ1) is 12.7. The van der Waals surface area contributed by atoms with Crippen molar-refractivity contribution in [2.75, 3.05) is 44.6 Å². The molecule has 0 atom stereocenters. The van der Waals surface area contributed by atoms with E-state index in [1.807, 2.05) is 0 Å². The fourth-order valence-electron chi connectivity index (χ4n) is 2.64. The Bertz CT molecular complexity index is 701. The molecular formula is C17H20F3N3O4. The van der Waals surface area contributed by atoms with E-state index in [0.717, 1.165) is 6.07 Å².